The molecule has 1 aromatic carbocycles. The molecule has 2 aromatic rings. The van der Waals surface area contributed by atoms with Crippen LogP contribution in [0.15, 0.2) is 36.5 Å². The van der Waals surface area contributed by atoms with Crippen molar-refractivity contribution in [1.29, 1.82) is 0 Å². The SMILES string of the molecule is O=C(NCc1cccnc1N1CCCCC1)c1ccc2c(c1)OCO2. The molecule has 25 heavy (non-hydrogen) atoms. The van der Waals surface area contributed by atoms with Gasteiger partial charge in [0, 0.05) is 37.0 Å². The summed E-state index contributed by atoms with van der Waals surface area (Å²) in [7, 11) is 0. The molecule has 0 unspecified atom stereocenters. The zero-order chi connectivity index (χ0) is 17.1. The van der Waals surface area contributed by atoms with E-state index in [9.17, 15) is 4.79 Å². The molecule has 0 atom stereocenters. The lowest BCUT2D eigenvalue weighted by Gasteiger charge is -2.29. The summed E-state index contributed by atoms with van der Waals surface area (Å²) < 4.78 is 10.6. The fourth-order valence-electron chi connectivity index (χ4n) is 3.27. The van der Waals surface area contributed by atoms with Crippen LogP contribution in [0.5, 0.6) is 11.5 Å². The molecule has 2 aliphatic rings. The zero-order valence-corrected chi connectivity index (χ0v) is 14.0. The first kappa shape index (κ1) is 15.7. The second-order valence-corrected chi connectivity index (χ2v) is 6.28. The van der Waals surface area contributed by atoms with E-state index < -0.39 is 0 Å². The maximum Gasteiger partial charge on any atom is 0.251 e. The molecule has 0 saturated carbocycles. The highest BCUT2D eigenvalue weighted by molar-refractivity contribution is 5.95. The fourth-order valence-corrected chi connectivity index (χ4v) is 3.27. The Balaban J connectivity index is 1.45. The Hall–Kier alpha value is -2.76. The van der Waals surface area contributed by atoms with Gasteiger partial charge in [-0.15, -0.1) is 0 Å². The lowest BCUT2D eigenvalue weighted by atomic mass is 10.1. The summed E-state index contributed by atoms with van der Waals surface area (Å²) in [5.74, 6) is 2.14. The summed E-state index contributed by atoms with van der Waals surface area (Å²) in [6, 6.07) is 9.16. The maximum absolute atomic E-state index is 12.5. The monoisotopic (exact) mass is 339 g/mol. The normalized spacial score (nSPS) is 15.9. The van der Waals surface area contributed by atoms with Crippen molar-refractivity contribution in [3.63, 3.8) is 0 Å². The topological polar surface area (TPSA) is 63.7 Å². The molecule has 0 bridgehead atoms. The minimum atomic E-state index is -0.133. The Kier molecular flexibility index (Phi) is 4.41. The number of anilines is 1. The number of carbonyl (C=O) groups excluding carboxylic acids is 1. The summed E-state index contributed by atoms with van der Waals surface area (Å²) in [4.78, 5) is 19.3. The van der Waals surface area contributed by atoms with Gasteiger partial charge in [0.25, 0.3) is 5.91 Å². The van der Waals surface area contributed by atoms with Crippen molar-refractivity contribution in [2.75, 3.05) is 24.8 Å². The summed E-state index contributed by atoms with van der Waals surface area (Å²) in [5.41, 5.74) is 1.60. The van der Waals surface area contributed by atoms with Crippen LogP contribution < -0.4 is 19.7 Å². The van der Waals surface area contributed by atoms with Crippen LogP contribution in [0, 0.1) is 0 Å². The number of hydrogen-bond acceptors (Lipinski definition) is 5. The Morgan fingerprint density at radius 2 is 1.96 bits per heavy atom. The average Bonchev–Trinajstić information content (AvgIpc) is 3.15. The number of pyridine rings is 1. The van der Waals surface area contributed by atoms with E-state index in [1.807, 2.05) is 18.3 Å². The molecule has 6 heteroatoms. The van der Waals surface area contributed by atoms with Crippen molar-refractivity contribution in [3.8, 4) is 11.5 Å². The van der Waals surface area contributed by atoms with Gasteiger partial charge >= 0.3 is 0 Å². The molecule has 4 rings (SSSR count). The Labute approximate surface area is 146 Å². The van der Waals surface area contributed by atoms with E-state index >= 15 is 0 Å². The van der Waals surface area contributed by atoms with Crippen molar-refractivity contribution in [1.82, 2.24) is 10.3 Å². The molecule has 1 N–H and O–H groups in total. The molecule has 2 aliphatic heterocycles. The highest BCUT2D eigenvalue weighted by Gasteiger charge is 2.18. The number of fused-ring (bicyclic) bond motifs is 1. The summed E-state index contributed by atoms with van der Waals surface area (Å²) in [6.45, 7) is 2.71. The summed E-state index contributed by atoms with van der Waals surface area (Å²) in [5, 5.41) is 2.98. The lowest BCUT2D eigenvalue weighted by Crippen LogP contribution is -2.32. The number of benzene rings is 1. The van der Waals surface area contributed by atoms with Crippen molar-refractivity contribution in [3.05, 3.63) is 47.7 Å². The van der Waals surface area contributed by atoms with E-state index in [1.165, 1.54) is 19.3 Å². The van der Waals surface area contributed by atoms with E-state index in [0.717, 1.165) is 24.5 Å². The number of carbonyl (C=O) groups is 1. The standard InChI is InChI=1S/C19H21N3O3/c23-19(14-6-7-16-17(11-14)25-13-24-16)21-12-15-5-4-8-20-18(15)22-9-2-1-3-10-22/h4-8,11H,1-3,9-10,12-13H2,(H,21,23). The van der Waals surface area contributed by atoms with E-state index in [-0.39, 0.29) is 12.7 Å². The number of nitrogens with zero attached hydrogens (tertiary/aromatic N) is 2. The number of hydrogen-bond donors (Lipinski definition) is 1. The van der Waals surface area contributed by atoms with Crippen LogP contribution in [-0.4, -0.2) is 30.8 Å². The maximum atomic E-state index is 12.5. The van der Waals surface area contributed by atoms with Gasteiger partial charge in [0.1, 0.15) is 5.82 Å². The third-order valence-corrected chi connectivity index (χ3v) is 4.60. The molecule has 3 heterocycles. The number of ether oxygens (including phenoxy) is 2. The van der Waals surface area contributed by atoms with Gasteiger partial charge in [-0.3, -0.25) is 4.79 Å². The lowest BCUT2D eigenvalue weighted by molar-refractivity contribution is 0.0950. The van der Waals surface area contributed by atoms with E-state index in [4.69, 9.17) is 9.47 Å². The molecule has 130 valence electrons. The fraction of sp³-hybridized carbons (Fsp3) is 0.368. The summed E-state index contributed by atoms with van der Waals surface area (Å²) in [6.07, 6.45) is 5.48. The van der Waals surface area contributed by atoms with Crippen LogP contribution in [-0.2, 0) is 6.54 Å². The first-order valence-corrected chi connectivity index (χ1v) is 8.68. The van der Waals surface area contributed by atoms with E-state index in [0.29, 0.717) is 23.6 Å². The average molecular weight is 339 g/mol. The Morgan fingerprint density at radius 1 is 1.12 bits per heavy atom. The van der Waals surface area contributed by atoms with Crippen molar-refractivity contribution in [2.24, 2.45) is 0 Å². The Morgan fingerprint density at radius 3 is 2.84 bits per heavy atom. The molecule has 1 saturated heterocycles. The van der Waals surface area contributed by atoms with E-state index in [1.54, 1.807) is 18.2 Å². The highest BCUT2D eigenvalue weighted by Crippen LogP contribution is 2.32. The molecule has 0 aliphatic carbocycles. The largest absolute Gasteiger partial charge is 0.454 e. The summed E-state index contributed by atoms with van der Waals surface area (Å²) >= 11 is 0. The molecular weight excluding hydrogens is 318 g/mol. The van der Waals surface area contributed by atoms with Crippen LogP contribution in [0.1, 0.15) is 35.2 Å². The van der Waals surface area contributed by atoms with Crippen molar-refractivity contribution < 1.29 is 14.3 Å². The van der Waals surface area contributed by atoms with Crippen LogP contribution in [0.4, 0.5) is 5.82 Å². The third-order valence-electron chi connectivity index (χ3n) is 4.60. The highest BCUT2D eigenvalue weighted by atomic mass is 16.7. The Bertz CT molecular complexity index is 772. The zero-order valence-electron chi connectivity index (χ0n) is 14.0. The minimum Gasteiger partial charge on any atom is -0.454 e. The smallest absolute Gasteiger partial charge is 0.251 e. The van der Waals surface area contributed by atoms with Crippen LogP contribution in [0.2, 0.25) is 0 Å². The third kappa shape index (κ3) is 3.38. The van der Waals surface area contributed by atoms with Gasteiger partial charge in [-0.25, -0.2) is 4.98 Å². The van der Waals surface area contributed by atoms with Crippen LogP contribution in [0.3, 0.4) is 0 Å². The quantitative estimate of drug-likeness (QED) is 0.928. The number of nitrogens with one attached hydrogen (secondary N) is 1. The van der Waals surface area contributed by atoms with Gasteiger partial charge in [0.2, 0.25) is 6.79 Å². The predicted molar refractivity (Wildman–Crippen MR) is 94.0 cm³/mol. The molecule has 6 nitrogen and oxygen atoms in total. The predicted octanol–water partition coefficient (Wildman–Crippen LogP) is 2.73. The van der Waals surface area contributed by atoms with Gasteiger partial charge < -0.3 is 19.7 Å². The van der Waals surface area contributed by atoms with Crippen LogP contribution in [0.25, 0.3) is 0 Å². The molecule has 0 radical (unpaired) electrons. The molecule has 1 aromatic heterocycles. The van der Waals surface area contributed by atoms with Gasteiger partial charge in [0.15, 0.2) is 11.5 Å². The van der Waals surface area contributed by atoms with Crippen molar-refractivity contribution >= 4 is 11.7 Å². The number of rotatable bonds is 4. The van der Waals surface area contributed by atoms with Gasteiger partial charge in [-0.05, 0) is 43.5 Å². The van der Waals surface area contributed by atoms with Crippen LogP contribution >= 0.6 is 0 Å². The van der Waals surface area contributed by atoms with E-state index in [2.05, 4.69) is 15.2 Å². The van der Waals surface area contributed by atoms with Crippen molar-refractivity contribution in [2.45, 2.75) is 25.8 Å². The minimum absolute atomic E-state index is 0.133. The second kappa shape index (κ2) is 7.01. The second-order valence-electron chi connectivity index (χ2n) is 6.28. The van der Waals surface area contributed by atoms with Gasteiger partial charge in [0.05, 0.1) is 0 Å². The van der Waals surface area contributed by atoms with Gasteiger partial charge in [-0.2, -0.15) is 0 Å². The molecular formula is C19H21N3O3. The van der Waals surface area contributed by atoms with Gasteiger partial charge in [-0.1, -0.05) is 6.07 Å². The number of aromatic nitrogens is 1. The number of piperidine rings is 1. The number of amides is 1. The first-order chi connectivity index (χ1) is 12.3. The molecule has 1 amide bonds. The molecule has 1 fully saturated rings. The first-order valence-electron chi connectivity index (χ1n) is 8.68. The molecule has 0 spiro atoms.